The topological polar surface area (TPSA) is 246 Å². The molecule has 78 heavy (non-hydrogen) atoms. The first kappa shape index (κ1) is 61.2. The molecule has 1 spiro atoms. The second-order valence-electron chi connectivity index (χ2n) is 25.4. The average molecular weight is 1100 g/mol. The molecule has 4 heterocycles. The summed E-state index contributed by atoms with van der Waals surface area (Å²) in [5.41, 5.74) is -1.53. The Labute approximate surface area is 462 Å². The number of carbonyl (C=O) groups is 3. The summed E-state index contributed by atoms with van der Waals surface area (Å²) in [5, 5.41) is 68.4. The molecular weight excluding hydrogens is 1000 g/mol. The Kier molecular flexibility index (Phi) is 18.9. The molecule has 17 nitrogen and oxygen atoms in total. The van der Waals surface area contributed by atoms with Crippen molar-refractivity contribution in [3.05, 3.63) is 46.3 Å². The lowest BCUT2D eigenvalue weighted by Crippen LogP contribution is -2.59. The molecule has 1 saturated carbocycles. The van der Waals surface area contributed by atoms with Crippen molar-refractivity contribution >= 4 is 17.5 Å². The van der Waals surface area contributed by atoms with Crippen molar-refractivity contribution in [1.82, 2.24) is 0 Å². The molecular formula is C61H94O17. The van der Waals surface area contributed by atoms with Crippen LogP contribution in [0, 0.1) is 58.2 Å². The first-order chi connectivity index (χ1) is 36.8. The summed E-state index contributed by atoms with van der Waals surface area (Å²) < 4.78 is 51.0. The molecule has 0 aromatic rings. The van der Waals surface area contributed by atoms with E-state index in [1.54, 1.807) is 14.0 Å². The number of esters is 1. The van der Waals surface area contributed by atoms with E-state index < -0.39 is 144 Å². The van der Waals surface area contributed by atoms with Crippen molar-refractivity contribution in [3.8, 4) is 0 Å². The maximum absolute atomic E-state index is 16.2. The van der Waals surface area contributed by atoms with Crippen molar-refractivity contribution in [3.63, 3.8) is 0 Å². The molecule has 17 heteroatoms. The average Bonchev–Trinajstić information content (AvgIpc) is 3.46. The van der Waals surface area contributed by atoms with Gasteiger partial charge in [0.2, 0.25) is 0 Å². The van der Waals surface area contributed by atoms with E-state index in [-0.39, 0.29) is 80.0 Å². The van der Waals surface area contributed by atoms with Crippen LogP contribution in [0.2, 0.25) is 0 Å². The predicted molar refractivity (Wildman–Crippen MR) is 287 cm³/mol. The van der Waals surface area contributed by atoms with E-state index in [4.69, 9.17) is 37.9 Å². The third-order valence-electron chi connectivity index (χ3n) is 20.3. The molecule has 3 saturated heterocycles. The van der Waals surface area contributed by atoms with Crippen molar-refractivity contribution in [2.75, 3.05) is 13.7 Å². The Morgan fingerprint density at radius 1 is 0.744 bits per heavy atom. The van der Waals surface area contributed by atoms with Gasteiger partial charge in [-0.3, -0.25) is 9.59 Å². The first-order valence-corrected chi connectivity index (χ1v) is 29.4. The second-order valence-corrected chi connectivity index (χ2v) is 25.4. The van der Waals surface area contributed by atoms with Crippen LogP contribution in [-0.4, -0.2) is 154 Å². The molecule has 6 N–H and O–H groups in total. The van der Waals surface area contributed by atoms with Gasteiger partial charge in [-0.15, -0.1) is 0 Å². The van der Waals surface area contributed by atoms with Crippen LogP contribution in [0.3, 0.4) is 0 Å². The molecule has 25 atom stereocenters. The summed E-state index contributed by atoms with van der Waals surface area (Å²) in [4.78, 5) is 44.8. The number of methoxy groups -OCH3 is 1. The van der Waals surface area contributed by atoms with Crippen molar-refractivity contribution in [2.45, 2.75) is 245 Å². The minimum absolute atomic E-state index is 0.0494. The Morgan fingerprint density at radius 2 is 1.36 bits per heavy atom. The summed E-state index contributed by atoms with van der Waals surface area (Å²) in [6.45, 7) is 23.2. The molecule has 25 unspecified atom stereocenters. The van der Waals surface area contributed by atoms with Crippen LogP contribution in [0.25, 0.3) is 0 Å². The summed E-state index contributed by atoms with van der Waals surface area (Å²) >= 11 is 0. The Bertz CT molecular complexity index is 2290. The molecule has 8 rings (SSSR count). The minimum atomic E-state index is -1.54. The Balaban J connectivity index is 1.09. The number of carbonyl (C=O) groups excluding carboxylic acids is 3. The molecule has 0 aromatic carbocycles. The fraction of sp³-hybridized carbons (Fsp3) is 0.820. The summed E-state index contributed by atoms with van der Waals surface area (Å²) in [6.07, 6.45) is -0.684. The number of Topliss-reactive ketones (excluding diaryl/α,β-unsaturated/α-hetero) is 2. The first-order valence-electron chi connectivity index (χ1n) is 29.4. The molecule has 4 fully saturated rings. The van der Waals surface area contributed by atoms with Crippen LogP contribution in [0.5, 0.6) is 0 Å². The highest BCUT2D eigenvalue weighted by atomic mass is 16.7. The predicted octanol–water partition coefficient (Wildman–Crippen LogP) is 7.28. The SMILES string of the molecule is CC/C1=C\C(CO)CC(C)C(OC2CC(O)C(OC3CC(OC)C(OC4CC(O)C(O)C(C)O4)C(C)O3)C(C)O2)C(C)CCCC2(C)C=C(C)C(C)CC23OC(=O)C(=C3O)C(=O)C2(CC)C1C(C)=CC1C(O)CC(=O)C(C)C12. The number of fused-ring (bicyclic) bond motifs is 3. The highest BCUT2D eigenvalue weighted by molar-refractivity contribution is 6.22. The number of aliphatic hydroxyl groups excluding tert-OH is 6. The molecule has 4 aliphatic heterocycles. The zero-order valence-corrected chi connectivity index (χ0v) is 48.6. The maximum atomic E-state index is 16.2. The maximum Gasteiger partial charge on any atom is 0.346 e. The lowest BCUT2D eigenvalue weighted by Gasteiger charge is -2.56. The van der Waals surface area contributed by atoms with Crippen molar-refractivity contribution in [2.24, 2.45) is 58.2 Å². The zero-order chi connectivity index (χ0) is 57.1. The number of allylic oxidation sites excluding steroid dienone is 3. The molecule has 440 valence electrons. The van der Waals surface area contributed by atoms with Crippen molar-refractivity contribution < 1.29 is 82.9 Å². The molecule has 0 amide bonds. The molecule has 0 radical (unpaired) electrons. The lowest BCUT2D eigenvalue weighted by atomic mass is 9.46. The van der Waals surface area contributed by atoms with Gasteiger partial charge in [0.1, 0.15) is 29.7 Å². The van der Waals surface area contributed by atoms with Crippen LogP contribution >= 0.6 is 0 Å². The normalized spacial score (nSPS) is 48.6. The molecule has 4 aliphatic carbocycles. The van der Waals surface area contributed by atoms with Gasteiger partial charge >= 0.3 is 5.97 Å². The quantitative estimate of drug-likeness (QED) is 0.0715. The van der Waals surface area contributed by atoms with Gasteiger partial charge in [0.25, 0.3) is 0 Å². The van der Waals surface area contributed by atoms with E-state index in [0.717, 1.165) is 16.7 Å². The van der Waals surface area contributed by atoms with Crippen molar-refractivity contribution in [1.29, 1.82) is 0 Å². The van der Waals surface area contributed by atoms with Crippen LogP contribution in [-0.2, 0) is 52.3 Å². The summed E-state index contributed by atoms with van der Waals surface area (Å²) in [6, 6.07) is 0. The molecule has 2 bridgehead atoms. The third kappa shape index (κ3) is 11.1. The van der Waals surface area contributed by atoms with E-state index in [1.807, 2.05) is 61.5 Å². The fourth-order valence-electron chi connectivity index (χ4n) is 16.0. The molecule has 8 aliphatic rings. The van der Waals surface area contributed by atoms with E-state index >= 15 is 4.79 Å². The van der Waals surface area contributed by atoms with E-state index in [9.17, 15) is 40.2 Å². The highest BCUT2D eigenvalue weighted by Gasteiger charge is 2.67. The van der Waals surface area contributed by atoms with Crippen LogP contribution in [0.4, 0.5) is 0 Å². The number of hydrogen-bond donors (Lipinski definition) is 6. The van der Waals surface area contributed by atoms with Gasteiger partial charge in [0.05, 0.1) is 48.8 Å². The monoisotopic (exact) mass is 1100 g/mol. The van der Waals surface area contributed by atoms with Gasteiger partial charge in [0.15, 0.2) is 36.0 Å². The number of hydrogen-bond acceptors (Lipinski definition) is 17. The van der Waals surface area contributed by atoms with Gasteiger partial charge in [-0.05, 0) is 90.4 Å². The number of ether oxygens (including phenoxy) is 8. The van der Waals surface area contributed by atoms with E-state index in [0.29, 0.717) is 32.1 Å². The van der Waals surface area contributed by atoms with Gasteiger partial charge in [0, 0.05) is 80.3 Å². The third-order valence-corrected chi connectivity index (χ3v) is 20.3. The fourth-order valence-corrected chi connectivity index (χ4v) is 16.0. The Hall–Kier alpha value is -2.91. The van der Waals surface area contributed by atoms with Gasteiger partial charge < -0.3 is 68.5 Å². The lowest BCUT2D eigenvalue weighted by molar-refractivity contribution is -0.338. The number of rotatable bonds is 10. The number of aliphatic hydroxyl groups is 6. The van der Waals surface area contributed by atoms with Crippen LogP contribution < -0.4 is 0 Å². The second kappa shape index (κ2) is 24.1. The standard InChI is InChI=1S/C61H94O17/c1-14-39-21-38(28-62)19-31(5)53(75-47-24-44(66)54(36(10)73-47)76-48-25-45(71-13)55(37(11)74-48)77-46-23-43(65)52(67)35(9)72-46)29(3)17-16-18-59(12)26-32(6)33(7)27-61(59)57(69)49(58(70)78-61)56(68)60(15-2)50(39)30(4)20-40-42(64)22-41(63)34(8)51(40)60/h20-21,26,29,31,33-38,40,42-48,50-55,62,64-67,69H,14-19,22-25,27-28H2,1-13H3/b39-21+. The molecule has 0 aromatic heterocycles. The van der Waals surface area contributed by atoms with E-state index in [2.05, 4.69) is 32.9 Å². The number of ketones is 2. The largest absolute Gasteiger partial charge is 0.507 e. The van der Waals surface area contributed by atoms with E-state index in [1.165, 1.54) is 0 Å². The van der Waals surface area contributed by atoms with Gasteiger partial charge in [-0.25, -0.2) is 4.79 Å². The Morgan fingerprint density at radius 3 is 1.97 bits per heavy atom. The minimum Gasteiger partial charge on any atom is -0.507 e. The zero-order valence-electron chi connectivity index (χ0n) is 48.6. The smallest absolute Gasteiger partial charge is 0.346 e. The highest BCUT2D eigenvalue weighted by Crippen LogP contribution is 2.63. The van der Waals surface area contributed by atoms with Crippen LogP contribution in [0.1, 0.15) is 154 Å². The van der Waals surface area contributed by atoms with Crippen LogP contribution in [0.15, 0.2) is 46.3 Å². The van der Waals surface area contributed by atoms with Gasteiger partial charge in [-0.2, -0.15) is 0 Å². The summed E-state index contributed by atoms with van der Waals surface area (Å²) in [7, 11) is 1.57. The summed E-state index contributed by atoms with van der Waals surface area (Å²) in [5.74, 6) is -5.29. The van der Waals surface area contributed by atoms with Gasteiger partial charge in [-0.1, -0.05) is 89.8 Å².